The van der Waals surface area contributed by atoms with E-state index >= 15 is 0 Å². The summed E-state index contributed by atoms with van der Waals surface area (Å²) in [5.74, 6) is 1.75. The van der Waals surface area contributed by atoms with Gasteiger partial charge in [0.2, 0.25) is 0 Å². The van der Waals surface area contributed by atoms with Gasteiger partial charge in [-0.05, 0) is 36.1 Å². The molecule has 3 rings (SSSR count). The topological polar surface area (TPSA) is 63.5 Å². The Labute approximate surface area is 172 Å². The SMILES string of the molecule is CCNC(=NCc1ccc(Cn2ccnc2)cc1)NCCc1ccccc1OC. The zero-order valence-electron chi connectivity index (χ0n) is 17.1. The Bertz CT molecular complexity index is 888. The van der Waals surface area contributed by atoms with Gasteiger partial charge in [-0.25, -0.2) is 9.98 Å². The third-order valence-corrected chi connectivity index (χ3v) is 4.59. The van der Waals surface area contributed by atoms with E-state index in [1.165, 1.54) is 16.7 Å². The number of hydrogen-bond donors (Lipinski definition) is 2. The average molecular weight is 392 g/mol. The minimum Gasteiger partial charge on any atom is -0.496 e. The van der Waals surface area contributed by atoms with Gasteiger partial charge in [-0.3, -0.25) is 0 Å². The quantitative estimate of drug-likeness (QED) is 0.434. The Morgan fingerprint density at radius 3 is 2.59 bits per heavy atom. The molecule has 0 radical (unpaired) electrons. The van der Waals surface area contributed by atoms with Crippen molar-refractivity contribution >= 4 is 5.96 Å². The van der Waals surface area contributed by atoms with E-state index in [-0.39, 0.29) is 0 Å². The molecule has 2 aromatic carbocycles. The maximum atomic E-state index is 5.42. The highest BCUT2D eigenvalue weighted by Gasteiger charge is 2.03. The van der Waals surface area contributed by atoms with Crippen molar-refractivity contribution in [2.24, 2.45) is 4.99 Å². The van der Waals surface area contributed by atoms with Gasteiger partial charge < -0.3 is 19.9 Å². The minimum atomic E-state index is 0.634. The molecule has 0 amide bonds. The lowest BCUT2D eigenvalue weighted by Crippen LogP contribution is -2.38. The van der Waals surface area contributed by atoms with Gasteiger partial charge in [0.1, 0.15) is 5.75 Å². The summed E-state index contributed by atoms with van der Waals surface area (Å²) in [6.07, 6.45) is 6.47. The second-order valence-corrected chi connectivity index (χ2v) is 6.74. The van der Waals surface area contributed by atoms with E-state index in [1.54, 1.807) is 13.3 Å². The van der Waals surface area contributed by atoms with Crippen molar-refractivity contribution < 1.29 is 4.74 Å². The summed E-state index contributed by atoms with van der Waals surface area (Å²) >= 11 is 0. The van der Waals surface area contributed by atoms with Crippen molar-refractivity contribution in [2.45, 2.75) is 26.4 Å². The Morgan fingerprint density at radius 1 is 1.07 bits per heavy atom. The summed E-state index contributed by atoms with van der Waals surface area (Å²) in [6.45, 7) is 5.15. The first kappa shape index (κ1) is 20.5. The van der Waals surface area contributed by atoms with E-state index in [1.807, 2.05) is 30.7 Å². The molecule has 0 fully saturated rings. The first-order chi connectivity index (χ1) is 14.3. The van der Waals surface area contributed by atoms with E-state index < -0.39 is 0 Å². The predicted molar refractivity (Wildman–Crippen MR) is 117 cm³/mol. The minimum absolute atomic E-state index is 0.634. The molecular weight excluding hydrogens is 362 g/mol. The molecule has 1 aromatic heterocycles. The monoisotopic (exact) mass is 391 g/mol. The van der Waals surface area contributed by atoms with E-state index in [0.29, 0.717) is 6.54 Å². The van der Waals surface area contributed by atoms with Crippen molar-refractivity contribution in [1.82, 2.24) is 20.2 Å². The van der Waals surface area contributed by atoms with E-state index in [4.69, 9.17) is 9.73 Å². The lowest BCUT2D eigenvalue weighted by molar-refractivity contribution is 0.409. The largest absolute Gasteiger partial charge is 0.496 e. The number of benzene rings is 2. The van der Waals surface area contributed by atoms with Gasteiger partial charge in [-0.2, -0.15) is 0 Å². The molecule has 0 unspecified atom stereocenters. The highest BCUT2D eigenvalue weighted by molar-refractivity contribution is 5.79. The van der Waals surface area contributed by atoms with Crippen LogP contribution in [0.4, 0.5) is 0 Å². The Hall–Kier alpha value is -3.28. The standard InChI is InChI=1S/C23H29N5O/c1-3-25-23(26-13-12-21-6-4-5-7-22(21)29-2)27-16-19-8-10-20(11-9-19)17-28-15-14-24-18-28/h4-11,14-15,18H,3,12-13,16-17H2,1-2H3,(H2,25,26,27). The molecule has 1 heterocycles. The lowest BCUT2D eigenvalue weighted by Gasteiger charge is -2.13. The van der Waals surface area contributed by atoms with Crippen LogP contribution in [0, 0.1) is 0 Å². The van der Waals surface area contributed by atoms with Crippen LogP contribution in [0.15, 0.2) is 72.2 Å². The molecule has 0 aliphatic heterocycles. The van der Waals surface area contributed by atoms with Crippen LogP contribution in [0.5, 0.6) is 5.75 Å². The van der Waals surface area contributed by atoms with E-state index in [9.17, 15) is 0 Å². The third kappa shape index (κ3) is 6.38. The molecule has 0 spiro atoms. The molecule has 0 saturated heterocycles. The fraction of sp³-hybridized carbons (Fsp3) is 0.304. The number of nitrogens with zero attached hydrogens (tertiary/aromatic N) is 3. The summed E-state index contributed by atoms with van der Waals surface area (Å²) in [5.41, 5.74) is 3.62. The van der Waals surface area contributed by atoms with Crippen LogP contribution in [0.1, 0.15) is 23.6 Å². The van der Waals surface area contributed by atoms with Gasteiger partial charge >= 0.3 is 0 Å². The molecule has 29 heavy (non-hydrogen) atoms. The molecule has 0 aliphatic carbocycles. The number of methoxy groups -OCH3 is 1. The first-order valence-corrected chi connectivity index (χ1v) is 9.96. The highest BCUT2D eigenvalue weighted by atomic mass is 16.5. The highest BCUT2D eigenvalue weighted by Crippen LogP contribution is 2.17. The zero-order chi connectivity index (χ0) is 20.3. The number of aromatic nitrogens is 2. The smallest absolute Gasteiger partial charge is 0.191 e. The van der Waals surface area contributed by atoms with Crippen molar-refractivity contribution in [2.75, 3.05) is 20.2 Å². The van der Waals surface area contributed by atoms with Gasteiger partial charge in [-0.1, -0.05) is 42.5 Å². The van der Waals surface area contributed by atoms with Crippen molar-refractivity contribution in [3.63, 3.8) is 0 Å². The fourth-order valence-corrected chi connectivity index (χ4v) is 3.08. The zero-order valence-corrected chi connectivity index (χ0v) is 17.1. The molecule has 0 saturated carbocycles. The Balaban J connectivity index is 1.53. The number of ether oxygens (including phenoxy) is 1. The number of imidazole rings is 1. The van der Waals surface area contributed by atoms with Crippen LogP contribution in [0.25, 0.3) is 0 Å². The average Bonchev–Trinajstić information content (AvgIpc) is 3.26. The molecule has 6 nitrogen and oxygen atoms in total. The fourth-order valence-electron chi connectivity index (χ4n) is 3.08. The number of guanidine groups is 1. The maximum Gasteiger partial charge on any atom is 0.191 e. The molecular formula is C23H29N5O. The Morgan fingerprint density at radius 2 is 1.86 bits per heavy atom. The molecule has 0 atom stereocenters. The van der Waals surface area contributed by atoms with Gasteiger partial charge in [0, 0.05) is 32.0 Å². The Kier molecular flexibility index (Phi) is 7.69. The summed E-state index contributed by atoms with van der Waals surface area (Å²) in [4.78, 5) is 8.79. The van der Waals surface area contributed by atoms with Crippen LogP contribution in [0.2, 0.25) is 0 Å². The van der Waals surface area contributed by atoms with Crippen molar-refractivity contribution in [3.8, 4) is 5.75 Å². The molecule has 2 N–H and O–H groups in total. The van der Waals surface area contributed by atoms with Crippen LogP contribution >= 0.6 is 0 Å². The molecule has 0 aliphatic rings. The van der Waals surface area contributed by atoms with E-state index in [2.05, 4.69) is 57.4 Å². The van der Waals surface area contributed by atoms with Crippen LogP contribution in [0.3, 0.4) is 0 Å². The van der Waals surface area contributed by atoms with Crippen LogP contribution < -0.4 is 15.4 Å². The van der Waals surface area contributed by atoms with E-state index in [0.717, 1.165) is 37.8 Å². The summed E-state index contributed by atoms with van der Waals surface area (Å²) in [6, 6.07) is 16.7. The summed E-state index contributed by atoms with van der Waals surface area (Å²) in [5, 5.41) is 6.71. The second-order valence-electron chi connectivity index (χ2n) is 6.74. The maximum absolute atomic E-state index is 5.42. The molecule has 6 heteroatoms. The van der Waals surface area contributed by atoms with Crippen LogP contribution in [-0.4, -0.2) is 35.7 Å². The molecule has 0 bridgehead atoms. The summed E-state index contributed by atoms with van der Waals surface area (Å²) in [7, 11) is 1.71. The van der Waals surface area contributed by atoms with Gasteiger partial charge in [0.05, 0.1) is 20.0 Å². The number of nitrogens with one attached hydrogen (secondary N) is 2. The number of hydrogen-bond acceptors (Lipinski definition) is 3. The predicted octanol–water partition coefficient (Wildman–Crippen LogP) is 3.24. The summed E-state index contributed by atoms with van der Waals surface area (Å²) < 4.78 is 7.48. The number of rotatable bonds is 9. The first-order valence-electron chi connectivity index (χ1n) is 9.96. The van der Waals surface area contributed by atoms with Gasteiger partial charge in [0.15, 0.2) is 5.96 Å². The van der Waals surface area contributed by atoms with Crippen molar-refractivity contribution in [1.29, 1.82) is 0 Å². The molecule has 3 aromatic rings. The normalized spacial score (nSPS) is 11.3. The number of para-hydroxylation sites is 1. The van der Waals surface area contributed by atoms with Gasteiger partial charge in [0.25, 0.3) is 0 Å². The number of aliphatic imine (C=N–C) groups is 1. The van der Waals surface area contributed by atoms with Crippen molar-refractivity contribution in [3.05, 3.63) is 83.9 Å². The lowest BCUT2D eigenvalue weighted by atomic mass is 10.1. The van der Waals surface area contributed by atoms with Crippen LogP contribution in [-0.2, 0) is 19.5 Å². The molecule has 152 valence electrons. The van der Waals surface area contributed by atoms with Gasteiger partial charge in [-0.15, -0.1) is 0 Å². The second kappa shape index (κ2) is 10.9. The third-order valence-electron chi connectivity index (χ3n) is 4.59.